The van der Waals surface area contributed by atoms with Gasteiger partial charge in [-0.3, -0.25) is 4.79 Å². The molecule has 0 aliphatic rings. The number of allylic oxidation sites excluding steroid dienone is 2. The van der Waals surface area contributed by atoms with Gasteiger partial charge >= 0.3 is 6.18 Å². The molecule has 1 heterocycles. The van der Waals surface area contributed by atoms with Crippen LogP contribution >= 0.6 is 23.2 Å². The number of aliphatic hydroxyl groups excluding tert-OH is 1. The van der Waals surface area contributed by atoms with Gasteiger partial charge in [0.15, 0.2) is 5.15 Å². The van der Waals surface area contributed by atoms with Crippen LogP contribution in [0.2, 0.25) is 10.2 Å². The van der Waals surface area contributed by atoms with Crippen LogP contribution in [0.15, 0.2) is 73.0 Å². The van der Waals surface area contributed by atoms with E-state index >= 15 is 0 Å². The predicted octanol–water partition coefficient (Wildman–Crippen LogP) is 6.92. The van der Waals surface area contributed by atoms with E-state index in [9.17, 15) is 23.1 Å². The van der Waals surface area contributed by atoms with Gasteiger partial charge in [-0.25, -0.2) is 4.98 Å². The molecule has 1 amide bonds. The lowest BCUT2D eigenvalue weighted by Gasteiger charge is -2.12. The van der Waals surface area contributed by atoms with Crippen LogP contribution in [-0.2, 0) is 17.6 Å². The van der Waals surface area contributed by atoms with Crippen molar-refractivity contribution in [2.45, 2.75) is 19.7 Å². The summed E-state index contributed by atoms with van der Waals surface area (Å²) in [6.45, 7) is 1.88. The summed E-state index contributed by atoms with van der Waals surface area (Å²) in [4.78, 5) is 16.3. The monoisotopic (exact) mass is 536 g/mol. The number of aliphatic hydroxyl groups is 1. The van der Waals surface area contributed by atoms with Crippen molar-refractivity contribution in [2.75, 3.05) is 11.9 Å². The fourth-order valence-electron chi connectivity index (χ4n) is 3.27. The number of pyridine rings is 1. The molecule has 0 saturated carbocycles. The number of anilines is 1. The molecule has 0 aliphatic carbocycles. The minimum atomic E-state index is -4.45. The Morgan fingerprint density at radius 1 is 1.08 bits per heavy atom. The summed E-state index contributed by atoms with van der Waals surface area (Å²) in [5.74, 6) is 0.0695. The average molecular weight is 537 g/mol. The van der Waals surface area contributed by atoms with E-state index in [-0.39, 0.29) is 21.4 Å². The van der Waals surface area contributed by atoms with Crippen LogP contribution in [0.25, 0.3) is 5.57 Å². The maximum Gasteiger partial charge on any atom is 0.416 e. The van der Waals surface area contributed by atoms with E-state index in [1.807, 2.05) is 6.92 Å². The number of nitrogens with one attached hydrogen (secondary N) is 1. The van der Waals surface area contributed by atoms with E-state index in [1.165, 1.54) is 30.5 Å². The van der Waals surface area contributed by atoms with Gasteiger partial charge in [-0.15, -0.1) is 0 Å². The second kappa shape index (κ2) is 12.1. The smallest absolute Gasteiger partial charge is 0.416 e. The van der Waals surface area contributed by atoms with Crippen LogP contribution < -0.4 is 10.1 Å². The molecule has 3 aromatic rings. The maximum absolute atomic E-state index is 13.0. The van der Waals surface area contributed by atoms with E-state index in [0.29, 0.717) is 29.1 Å². The molecule has 0 unspecified atom stereocenters. The third-order valence-electron chi connectivity index (χ3n) is 5.00. The zero-order chi connectivity index (χ0) is 26.3. The summed E-state index contributed by atoms with van der Waals surface area (Å²) in [7, 11) is 0. The predicted molar refractivity (Wildman–Crippen MR) is 134 cm³/mol. The van der Waals surface area contributed by atoms with Crippen molar-refractivity contribution in [2.24, 2.45) is 0 Å². The second-order valence-electron chi connectivity index (χ2n) is 7.37. The minimum absolute atomic E-state index is 0.0411. The molecular formula is C26H21Cl2F3N2O3. The fourth-order valence-corrected chi connectivity index (χ4v) is 3.69. The van der Waals surface area contributed by atoms with Crippen LogP contribution in [0.5, 0.6) is 5.75 Å². The van der Waals surface area contributed by atoms with Crippen molar-refractivity contribution in [1.82, 2.24) is 4.98 Å². The van der Waals surface area contributed by atoms with Crippen molar-refractivity contribution in [1.29, 1.82) is 0 Å². The highest BCUT2D eigenvalue weighted by atomic mass is 35.5. The number of benzene rings is 2. The average Bonchev–Trinajstić information content (AvgIpc) is 2.85. The van der Waals surface area contributed by atoms with Crippen LogP contribution in [0.4, 0.5) is 18.9 Å². The molecule has 0 bridgehead atoms. The number of carbonyl (C=O) groups excluding carboxylic acids is 1. The van der Waals surface area contributed by atoms with E-state index in [0.717, 1.165) is 12.1 Å². The van der Waals surface area contributed by atoms with Crippen molar-refractivity contribution in [3.05, 3.63) is 105 Å². The minimum Gasteiger partial charge on any atom is -0.494 e. The molecule has 36 heavy (non-hydrogen) atoms. The molecule has 188 valence electrons. The highest BCUT2D eigenvalue weighted by molar-refractivity contribution is 6.35. The van der Waals surface area contributed by atoms with Gasteiger partial charge in [0.2, 0.25) is 5.91 Å². The number of carbonyl (C=O) groups is 1. The quantitative estimate of drug-likeness (QED) is 0.186. The van der Waals surface area contributed by atoms with Gasteiger partial charge in [-0.2, -0.15) is 13.2 Å². The Balaban J connectivity index is 1.92. The highest BCUT2D eigenvalue weighted by Crippen LogP contribution is 2.32. The third-order valence-corrected chi connectivity index (χ3v) is 5.62. The van der Waals surface area contributed by atoms with Crippen LogP contribution in [0.3, 0.4) is 0 Å². The lowest BCUT2D eigenvalue weighted by atomic mass is 9.96. The zero-order valence-electron chi connectivity index (χ0n) is 18.9. The van der Waals surface area contributed by atoms with Gasteiger partial charge in [0, 0.05) is 17.8 Å². The van der Waals surface area contributed by atoms with Gasteiger partial charge in [0.1, 0.15) is 5.75 Å². The molecule has 10 heteroatoms. The number of aromatic nitrogens is 1. The van der Waals surface area contributed by atoms with E-state index in [4.69, 9.17) is 27.9 Å². The Morgan fingerprint density at radius 3 is 2.25 bits per heavy atom. The molecular weight excluding hydrogens is 516 g/mol. The number of alkyl halides is 3. The first-order valence-corrected chi connectivity index (χ1v) is 11.4. The summed E-state index contributed by atoms with van der Waals surface area (Å²) in [6, 6.07) is 11.8. The molecule has 0 atom stereocenters. The number of rotatable bonds is 8. The normalized spacial score (nSPS) is 12.1. The van der Waals surface area contributed by atoms with Gasteiger partial charge in [-0.1, -0.05) is 59.6 Å². The number of ether oxygens (including phenoxy) is 1. The van der Waals surface area contributed by atoms with Gasteiger partial charge < -0.3 is 15.2 Å². The lowest BCUT2D eigenvalue weighted by molar-refractivity contribution is -0.137. The molecule has 0 saturated heterocycles. The summed E-state index contributed by atoms with van der Waals surface area (Å²) < 4.78 is 44.5. The third kappa shape index (κ3) is 6.87. The number of amides is 1. The van der Waals surface area contributed by atoms with Gasteiger partial charge in [0.05, 0.1) is 29.5 Å². The first-order valence-electron chi connectivity index (χ1n) is 10.7. The highest BCUT2D eigenvalue weighted by Gasteiger charge is 2.30. The first-order chi connectivity index (χ1) is 17.1. The zero-order valence-corrected chi connectivity index (χ0v) is 20.5. The van der Waals surface area contributed by atoms with Crippen molar-refractivity contribution >= 4 is 40.4 Å². The fraction of sp³-hybridized carbons (Fsp3) is 0.154. The Labute approximate surface area is 215 Å². The summed E-state index contributed by atoms with van der Waals surface area (Å²) >= 11 is 12.0. The topological polar surface area (TPSA) is 71.5 Å². The van der Waals surface area contributed by atoms with Crippen molar-refractivity contribution < 1.29 is 27.8 Å². The summed E-state index contributed by atoms with van der Waals surface area (Å²) in [5, 5.41) is 12.2. The largest absolute Gasteiger partial charge is 0.494 e. The van der Waals surface area contributed by atoms with Crippen LogP contribution in [0, 0.1) is 0 Å². The van der Waals surface area contributed by atoms with Crippen molar-refractivity contribution in [3.8, 4) is 5.75 Å². The van der Waals surface area contributed by atoms with E-state index in [2.05, 4.69) is 10.3 Å². The Morgan fingerprint density at radius 2 is 1.69 bits per heavy atom. The van der Waals surface area contributed by atoms with Crippen LogP contribution in [0.1, 0.15) is 29.2 Å². The number of hydrogen-bond acceptors (Lipinski definition) is 4. The van der Waals surface area contributed by atoms with E-state index in [1.54, 1.807) is 30.3 Å². The Hall–Kier alpha value is -3.33. The molecule has 2 N–H and O–H groups in total. The van der Waals surface area contributed by atoms with Gasteiger partial charge in [0.25, 0.3) is 0 Å². The standard InChI is InChI=1S/C26H21Cl2F3N2O3/c1-2-36-19-12-8-17(9-13-19)20(16-6-10-18(11-7-16)26(29,30)31)4-3-5-23(35)33-24-21(15-34)22(27)14-32-25(24)28/h3-14,34H,2,15H2,1H3,(H,33,35)/b5-3+,20-4-. The summed E-state index contributed by atoms with van der Waals surface area (Å²) in [6.07, 6.45) is 1.06. The number of nitrogens with zero attached hydrogens (tertiary/aromatic N) is 1. The first kappa shape index (κ1) is 27.3. The molecule has 0 spiro atoms. The molecule has 1 aromatic heterocycles. The van der Waals surface area contributed by atoms with Crippen LogP contribution in [-0.4, -0.2) is 22.6 Å². The van der Waals surface area contributed by atoms with E-state index < -0.39 is 24.3 Å². The summed E-state index contributed by atoms with van der Waals surface area (Å²) in [5.41, 5.74) is 1.33. The SMILES string of the molecule is CCOc1ccc(/C(=C\C=C\C(=O)Nc2c(Cl)ncc(Cl)c2CO)c2ccc(C(F)(F)F)cc2)cc1. The molecule has 0 radical (unpaired) electrons. The number of halogens is 5. The molecule has 0 aliphatic heterocycles. The second-order valence-corrected chi connectivity index (χ2v) is 8.14. The molecule has 2 aromatic carbocycles. The number of hydrogen-bond donors (Lipinski definition) is 2. The Kier molecular flexibility index (Phi) is 9.14. The molecule has 3 rings (SSSR count). The lowest BCUT2D eigenvalue weighted by Crippen LogP contribution is -2.11. The van der Waals surface area contributed by atoms with Gasteiger partial charge in [-0.05, 0) is 47.9 Å². The van der Waals surface area contributed by atoms with Crippen molar-refractivity contribution in [3.63, 3.8) is 0 Å². The Bertz CT molecular complexity index is 1270. The molecule has 0 fully saturated rings. The molecule has 5 nitrogen and oxygen atoms in total. The maximum atomic E-state index is 13.0.